The summed E-state index contributed by atoms with van der Waals surface area (Å²) >= 11 is 13.5. The van der Waals surface area contributed by atoms with Gasteiger partial charge in [-0.2, -0.15) is 22.9 Å². The number of halogens is 4. The Bertz CT molecular complexity index is 3830. The normalized spacial score (nSPS) is 23.3. The van der Waals surface area contributed by atoms with Gasteiger partial charge in [0.2, 0.25) is 0 Å². The number of H-pyrrole nitrogens is 1. The van der Waals surface area contributed by atoms with Crippen molar-refractivity contribution in [3.8, 4) is 22.3 Å². The van der Waals surface area contributed by atoms with E-state index in [-0.39, 0.29) is 30.4 Å². The highest BCUT2D eigenvalue weighted by Gasteiger charge is 2.50. The number of hydrogen-bond donors (Lipinski definition) is 3. The number of hydrogen-bond acceptors (Lipinski definition) is 13. The molecule has 76 heavy (non-hydrogen) atoms. The van der Waals surface area contributed by atoms with Gasteiger partial charge in [-0.05, 0) is 56.2 Å². The van der Waals surface area contributed by atoms with Crippen molar-refractivity contribution in [2.75, 3.05) is 23.9 Å². The predicted octanol–water partition coefficient (Wildman–Crippen LogP) is 8.24. The molecule has 4 bridgehead atoms. The first-order chi connectivity index (χ1) is 36.5. The fourth-order valence-electron chi connectivity index (χ4n) is 11.7. The molecule has 4 aliphatic heterocycles. The molecule has 0 saturated carbocycles. The van der Waals surface area contributed by atoms with E-state index < -0.39 is 46.8 Å². The topological polar surface area (TPSA) is 216 Å². The van der Waals surface area contributed by atoms with Gasteiger partial charge >= 0.3 is 16.3 Å². The van der Waals surface area contributed by atoms with Crippen LogP contribution in [-0.2, 0) is 35.6 Å². The van der Waals surface area contributed by atoms with Crippen LogP contribution in [0.15, 0.2) is 91.8 Å². The van der Waals surface area contributed by atoms with E-state index in [0.717, 1.165) is 54.2 Å². The highest BCUT2D eigenvalue weighted by molar-refractivity contribution is 7.87. The number of nitrogens with one attached hydrogen (secondary N) is 2. The van der Waals surface area contributed by atoms with E-state index in [1.807, 2.05) is 72.9 Å². The minimum absolute atomic E-state index is 0.0870. The van der Waals surface area contributed by atoms with Crippen molar-refractivity contribution < 1.29 is 26.7 Å². The van der Waals surface area contributed by atoms with Crippen molar-refractivity contribution >= 4 is 95.3 Å². The summed E-state index contributed by atoms with van der Waals surface area (Å²) in [6.45, 7) is 0.0870. The van der Waals surface area contributed by atoms with Gasteiger partial charge in [-0.3, -0.25) is 9.36 Å². The third kappa shape index (κ3) is 8.53. The van der Waals surface area contributed by atoms with Crippen LogP contribution in [-0.4, -0.2) is 130 Å². The van der Waals surface area contributed by atoms with E-state index in [0.29, 0.717) is 80.6 Å². The number of ether oxygens (including phenoxy) is 1. The number of aryl methyl sites for hydroxylation is 2. The van der Waals surface area contributed by atoms with Gasteiger partial charge in [0, 0.05) is 104 Å². The summed E-state index contributed by atoms with van der Waals surface area (Å²) in [4.78, 5) is 38.7. The summed E-state index contributed by atoms with van der Waals surface area (Å²) in [6.07, 6.45) is 11.2. The molecule has 19 nitrogen and oxygen atoms in total. The molecular weight excluding hydrogens is 1040 g/mol. The summed E-state index contributed by atoms with van der Waals surface area (Å²) in [5.74, 6) is 1.06. The second kappa shape index (κ2) is 19.2. The molecule has 394 valence electrons. The van der Waals surface area contributed by atoms with Crippen LogP contribution in [0.25, 0.3) is 66.4 Å². The molecule has 0 aliphatic carbocycles. The summed E-state index contributed by atoms with van der Waals surface area (Å²) in [6, 6.07) is 14.9. The summed E-state index contributed by atoms with van der Waals surface area (Å²) in [7, 11) is 2.51. The number of amides is 1. The number of nitrogens with zero attached hydrogens (tertiary/aromatic N) is 12. The standard InChI is InChI=1S/C31H32ClFN8O4S.C21H21ClFN7/c1-38(2)46(43,44)40-16-21(20-10-11-23-22(27(20)32)15-39(3)37-23)29-30(40)36-26(14-34-29)41-19-9-12-25(41)28(33)24(13-19)35-31(42)45-17-18-7-5-4-6-8-18;1-29-9-13-15(28-29)4-3-11(18(13)22)12-7-26-21-20(12)25-8-17(27-21)30-10-2-5-16(30)19(23)14(24)6-10/h4-8,10-11,14-16,19,24-25,28H,9,12-13,17H2,1-3H3,(H,35,42);3-4,7-10,14,16,19H,2,5-6,24H2,1H3,(H,26,27)/t19-,24+,25+,28-;10-,14+,16+,19-/m00/s1. The second-order valence-electron chi connectivity index (χ2n) is 20.2. The average molecular weight is 1090 g/mol. The molecule has 0 spiro atoms. The van der Waals surface area contributed by atoms with Crippen molar-refractivity contribution in [1.82, 2.24) is 58.1 Å². The van der Waals surface area contributed by atoms with Crippen LogP contribution in [0.4, 0.5) is 25.2 Å². The van der Waals surface area contributed by atoms with E-state index in [2.05, 4.69) is 25.4 Å². The maximum Gasteiger partial charge on any atom is 0.407 e. The molecule has 4 aliphatic rings. The van der Waals surface area contributed by atoms with E-state index in [9.17, 15) is 17.6 Å². The van der Waals surface area contributed by atoms with Gasteiger partial charge in [0.15, 0.2) is 11.3 Å². The van der Waals surface area contributed by atoms with Gasteiger partial charge < -0.3 is 30.6 Å². The number of piperidine rings is 2. The number of alkyl halides is 2. The number of nitrogens with two attached hydrogens (primary N) is 1. The Balaban J connectivity index is 0.000000167. The molecule has 1 amide bonds. The first-order valence-corrected chi connectivity index (χ1v) is 27.2. The van der Waals surface area contributed by atoms with Crippen LogP contribution < -0.4 is 20.9 Å². The Morgan fingerprint density at radius 1 is 0.776 bits per heavy atom. The highest BCUT2D eigenvalue weighted by atomic mass is 35.5. The lowest BCUT2D eigenvalue weighted by Crippen LogP contribution is -2.58. The third-order valence-electron chi connectivity index (χ3n) is 15.3. The fraction of sp³-hybridized carbons (Fsp3) is 0.365. The number of carbonyl (C=O) groups excluding carboxylic acids is 1. The molecule has 10 heterocycles. The molecule has 24 heteroatoms. The summed E-state index contributed by atoms with van der Waals surface area (Å²) in [5.41, 5.74) is 13.0. The minimum Gasteiger partial charge on any atom is -0.445 e. The zero-order valence-electron chi connectivity index (χ0n) is 41.7. The van der Waals surface area contributed by atoms with Crippen LogP contribution >= 0.6 is 23.2 Å². The Hall–Kier alpha value is -6.98. The van der Waals surface area contributed by atoms with Gasteiger partial charge in [0.1, 0.15) is 41.6 Å². The lowest BCUT2D eigenvalue weighted by atomic mass is 9.95. The molecule has 6 aromatic heterocycles. The third-order valence-corrected chi connectivity index (χ3v) is 17.8. The number of rotatable bonds is 9. The molecule has 3 aromatic carbocycles. The lowest BCUT2D eigenvalue weighted by molar-refractivity contribution is 0.117. The van der Waals surface area contributed by atoms with Gasteiger partial charge in [-0.1, -0.05) is 65.7 Å². The summed E-state index contributed by atoms with van der Waals surface area (Å²) < 4.78 is 68.6. The maximum absolute atomic E-state index is 16.0. The Kier molecular flexibility index (Phi) is 12.6. The monoisotopic (exact) mass is 1090 g/mol. The first-order valence-electron chi connectivity index (χ1n) is 25.0. The Morgan fingerprint density at radius 2 is 1.37 bits per heavy atom. The number of aromatic nitrogens is 10. The van der Waals surface area contributed by atoms with Crippen LogP contribution in [0.5, 0.6) is 0 Å². The minimum atomic E-state index is -4.03. The zero-order chi connectivity index (χ0) is 52.9. The quantitative estimate of drug-likeness (QED) is 0.124. The number of benzene rings is 3. The molecule has 0 radical (unpaired) electrons. The first kappa shape index (κ1) is 49.9. The van der Waals surface area contributed by atoms with Crippen LogP contribution in [0, 0.1) is 0 Å². The second-order valence-corrected chi connectivity index (χ2v) is 23.0. The van der Waals surface area contributed by atoms with E-state index in [1.165, 1.54) is 20.3 Å². The number of carbonyl (C=O) groups is 1. The zero-order valence-corrected chi connectivity index (χ0v) is 44.1. The Labute approximate surface area is 445 Å². The van der Waals surface area contributed by atoms with E-state index >= 15 is 4.39 Å². The van der Waals surface area contributed by atoms with Crippen LogP contribution in [0.1, 0.15) is 44.1 Å². The smallest absolute Gasteiger partial charge is 0.407 e. The highest BCUT2D eigenvalue weighted by Crippen LogP contribution is 2.44. The molecule has 0 unspecified atom stereocenters. The molecule has 8 atom stereocenters. The summed E-state index contributed by atoms with van der Waals surface area (Å²) in [5, 5.41) is 14.2. The molecule has 13 rings (SSSR count). The predicted molar refractivity (Wildman–Crippen MR) is 288 cm³/mol. The molecule has 9 aromatic rings. The van der Waals surface area contributed by atoms with Crippen molar-refractivity contribution in [3.63, 3.8) is 0 Å². The molecule has 4 N–H and O–H groups in total. The van der Waals surface area contributed by atoms with Crippen LogP contribution in [0.3, 0.4) is 0 Å². The largest absolute Gasteiger partial charge is 0.445 e. The van der Waals surface area contributed by atoms with Gasteiger partial charge in [0.25, 0.3) is 0 Å². The number of fused-ring (bicyclic) bond motifs is 8. The number of alkyl carbamates (subject to hydrolysis) is 1. The maximum atomic E-state index is 16.0. The SMILES string of the molecule is CN(C)S(=O)(=O)n1cc(-c2ccc3nn(C)cc3c2Cl)c2ncc(N3[C@H]4CC[C@@H]3[C@@H](F)[C@H](NC(=O)OCc3ccccc3)C4)nc21.Cn1cc2c(Cl)c(-c3c[nH]c4nc(N5[C@H]6CC[C@@H]5[C@@H](F)[C@H](N)C6)cnc34)ccc2n1. The van der Waals surface area contributed by atoms with Crippen molar-refractivity contribution in [2.45, 2.75) is 93.7 Å². The van der Waals surface area contributed by atoms with Gasteiger partial charge in [-0.15, -0.1) is 0 Å². The average Bonchev–Trinajstić information content (AvgIpc) is 4.28. The molecule has 4 saturated heterocycles. The van der Waals surface area contributed by atoms with Crippen LogP contribution in [0.2, 0.25) is 10.0 Å². The van der Waals surface area contributed by atoms with Crippen molar-refractivity contribution in [2.24, 2.45) is 19.8 Å². The number of anilines is 2. The fourth-order valence-corrected chi connectivity index (χ4v) is 13.3. The lowest BCUT2D eigenvalue weighted by Gasteiger charge is -2.41. The van der Waals surface area contributed by atoms with E-state index in [1.54, 1.807) is 41.1 Å². The Morgan fingerprint density at radius 3 is 2.01 bits per heavy atom. The molecular formula is C52H53Cl2F2N15O4S. The van der Waals surface area contributed by atoms with Crippen molar-refractivity contribution in [3.05, 3.63) is 107 Å². The van der Waals surface area contributed by atoms with Gasteiger partial charge in [0.05, 0.1) is 51.6 Å². The molecule has 4 fully saturated rings. The van der Waals surface area contributed by atoms with Gasteiger partial charge in [-0.25, -0.2) is 37.5 Å². The van der Waals surface area contributed by atoms with Crippen molar-refractivity contribution in [1.29, 1.82) is 0 Å². The van der Waals surface area contributed by atoms with E-state index in [4.69, 9.17) is 53.6 Å². The number of aromatic amines is 1.